The fourth-order valence-electron chi connectivity index (χ4n) is 6.50. The smallest absolute Gasteiger partial charge is 0.389 e. The van der Waals surface area contributed by atoms with Crippen LogP contribution in [0.15, 0.2) is 73.3 Å². The van der Waals surface area contributed by atoms with Crippen LogP contribution in [0.2, 0.25) is 0 Å². The van der Waals surface area contributed by atoms with Crippen molar-refractivity contribution in [3.05, 3.63) is 95.8 Å². The van der Waals surface area contributed by atoms with Gasteiger partial charge < -0.3 is 18.9 Å². The maximum Gasteiger partial charge on any atom is 0.389 e. The number of nitrogens with one attached hydrogen (secondary N) is 1. The second-order valence-corrected chi connectivity index (χ2v) is 13.5. The van der Waals surface area contributed by atoms with E-state index in [1.54, 1.807) is 45.8 Å². The summed E-state index contributed by atoms with van der Waals surface area (Å²) in [6, 6.07) is 18.8. The third kappa shape index (κ3) is 9.78. The average molecular weight is 863 g/mol. The number of Topliss-reactive ketones (excluding diaryl/α,β-unsaturated/α-hetero) is 2. The number of carbonyl (C=O) groups excluding carboxylic acids is 2. The number of imidazole rings is 2. The zero-order chi connectivity index (χ0) is 44.9. The van der Waals surface area contributed by atoms with Crippen molar-refractivity contribution >= 4 is 33.6 Å². The molecule has 0 aliphatic carbocycles. The van der Waals surface area contributed by atoms with Crippen LogP contribution in [0.4, 0.5) is 26.3 Å². The first-order valence-electron chi connectivity index (χ1n) is 18.4. The van der Waals surface area contributed by atoms with Crippen LogP contribution in [0.3, 0.4) is 0 Å². The number of nitrogens with zero attached hydrogens (tertiary/aromatic N) is 7. The Kier molecular flexibility index (Phi) is 12.8. The second-order valence-electron chi connectivity index (χ2n) is 13.5. The molecule has 1 N–H and O–H groups in total. The highest BCUT2D eigenvalue weighted by atomic mass is 19.4. The Hall–Kier alpha value is -7.43. The molecule has 0 saturated carbocycles. The molecule has 0 aliphatic heterocycles. The van der Waals surface area contributed by atoms with Crippen molar-refractivity contribution in [3.8, 4) is 51.8 Å². The monoisotopic (exact) mass is 862 g/mol. The molecule has 7 aromatic rings. The van der Waals surface area contributed by atoms with Crippen LogP contribution < -0.4 is 18.9 Å². The predicted molar refractivity (Wildman–Crippen MR) is 212 cm³/mol. The molecule has 0 aliphatic rings. The van der Waals surface area contributed by atoms with E-state index in [1.165, 1.54) is 46.9 Å². The number of alkyl halides is 6. The van der Waals surface area contributed by atoms with Gasteiger partial charge in [-0.3, -0.25) is 23.8 Å². The number of rotatable bonds is 13. The molecule has 3 heterocycles. The minimum absolute atomic E-state index is 0.0281. The van der Waals surface area contributed by atoms with E-state index >= 15 is 0 Å². The van der Waals surface area contributed by atoms with Gasteiger partial charge in [-0.2, -0.15) is 36.7 Å². The Labute approximate surface area is 348 Å². The fourth-order valence-corrected chi connectivity index (χ4v) is 6.50. The zero-order valence-electron chi connectivity index (χ0n) is 33.6. The molecule has 4 aromatic carbocycles. The largest absolute Gasteiger partial charge is 0.496 e. The number of aromatic nitrogens is 7. The standard InChI is InChI=1S/C22H20F3N5O3.C20H16F3N3O3/c1-12-27-21(29-28-12)13-4-5-16-15(8-13)26-11-30(16)14-9-18(32-2)20(19(10-14)33-3)17(31)6-7-22(23,24)25;1-28-17-8-13(26-11-25-14-7-12(10-24)3-4-15(14)26)9-18(29-2)19(17)16(27)5-6-20(21,22)23/h4-5,8-11H,6-7H2,1-3H3,(H,27,28,29);3-4,7-9,11H,5-6H2,1-2H3. The number of hydrogen-bond donors (Lipinski definition) is 1. The van der Waals surface area contributed by atoms with E-state index in [9.17, 15) is 35.9 Å². The number of H-pyrrole nitrogens is 1. The SMILES string of the molecule is COc1cc(-n2cnc3cc(-c4n[nH]c(C)n4)ccc32)cc(OC)c1C(=O)CCC(F)(F)F.COc1cc(-n2cnc3cc(C#N)ccc32)cc(OC)c1C(=O)CCC(F)(F)F. The van der Waals surface area contributed by atoms with Crippen LogP contribution in [0.1, 0.15) is 57.8 Å². The fraction of sp³-hybridized carbons (Fsp3) is 0.262. The Balaban J connectivity index is 0.000000209. The lowest BCUT2D eigenvalue weighted by Crippen LogP contribution is -2.13. The number of ether oxygens (including phenoxy) is 4. The van der Waals surface area contributed by atoms with Gasteiger partial charge in [0.1, 0.15) is 52.6 Å². The molecule has 0 atom stereocenters. The molecule has 7 rings (SSSR count). The summed E-state index contributed by atoms with van der Waals surface area (Å²) in [6.07, 6.45) is -9.61. The summed E-state index contributed by atoms with van der Waals surface area (Å²) in [5.74, 6) is 0.237. The molecule has 0 saturated heterocycles. The van der Waals surface area contributed by atoms with E-state index in [-0.39, 0.29) is 34.1 Å². The molecular formula is C42H36F6N8O6. The number of aryl methyl sites for hydroxylation is 1. The summed E-state index contributed by atoms with van der Waals surface area (Å²) in [5.41, 5.74) is 5.01. The molecule has 0 spiro atoms. The van der Waals surface area contributed by atoms with Crippen molar-refractivity contribution < 1.29 is 54.9 Å². The lowest BCUT2D eigenvalue weighted by atomic mass is 10.0. The van der Waals surface area contributed by atoms with Crippen LogP contribution >= 0.6 is 0 Å². The predicted octanol–water partition coefficient (Wildman–Crippen LogP) is 9.10. The molecule has 0 fully saturated rings. The number of nitriles is 1. The number of aromatic amines is 1. The molecule has 322 valence electrons. The number of benzene rings is 4. The molecule has 0 bridgehead atoms. The molecule has 0 radical (unpaired) electrons. The van der Waals surface area contributed by atoms with Crippen LogP contribution in [-0.2, 0) is 0 Å². The first-order chi connectivity index (χ1) is 29.5. The van der Waals surface area contributed by atoms with Gasteiger partial charge in [0.15, 0.2) is 17.4 Å². The minimum Gasteiger partial charge on any atom is -0.496 e. The van der Waals surface area contributed by atoms with Gasteiger partial charge in [0.05, 0.1) is 86.4 Å². The van der Waals surface area contributed by atoms with Crippen molar-refractivity contribution in [3.63, 3.8) is 0 Å². The quantitative estimate of drug-likeness (QED) is 0.0866. The van der Waals surface area contributed by atoms with Crippen molar-refractivity contribution in [1.82, 2.24) is 34.3 Å². The second kappa shape index (κ2) is 18.0. The van der Waals surface area contributed by atoms with E-state index in [0.29, 0.717) is 45.1 Å². The molecule has 62 heavy (non-hydrogen) atoms. The lowest BCUT2D eigenvalue weighted by Gasteiger charge is -2.16. The van der Waals surface area contributed by atoms with Crippen LogP contribution in [0.25, 0.3) is 44.8 Å². The number of fused-ring (bicyclic) bond motifs is 2. The summed E-state index contributed by atoms with van der Waals surface area (Å²) in [6.45, 7) is 1.81. The topological polar surface area (TPSA) is 172 Å². The third-order valence-electron chi connectivity index (χ3n) is 9.45. The van der Waals surface area contributed by atoms with Crippen LogP contribution in [0.5, 0.6) is 23.0 Å². The van der Waals surface area contributed by atoms with Crippen molar-refractivity contribution in [2.75, 3.05) is 28.4 Å². The summed E-state index contributed by atoms with van der Waals surface area (Å²) in [4.78, 5) is 38.0. The maximum absolute atomic E-state index is 12.6. The Morgan fingerprint density at radius 3 is 1.50 bits per heavy atom. The van der Waals surface area contributed by atoms with Gasteiger partial charge in [-0.1, -0.05) is 0 Å². The van der Waals surface area contributed by atoms with E-state index in [0.717, 1.165) is 11.1 Å². The Morgan fingerprint density at radius 1 is 0.677 bits per heavy atom. The summed E-state index contributed by atoms with van der Waals surface area (Å²) < 4.78 is 100.0. The highest BCUT2D eigenvalue weighted by Gasteiger charge is 2.31. The molecule has 20 heteroatoms. The number of hydrogen-bond acceptors (Lipinski definition) is 11. The van der Waals surface area contributed by atoms with Gasteiger partial charge in [0, 0.05) is 42.7 Å². The summed E-state index contributed by atoms with van der Waals surface area (Å²) in [5, 5.41) is 16.0. The number of ketones is 2. The van der Waals surface area contributed by atoms with Gasteiger partial charge in [0.25, 0.3) is 0 Å². The highest BCUT2D eigenvalue weighted by Crippen LogP contribution is 2.37. The number of methoxy groups -OCH3 is 4. The van der Waals surface area contributed by atoms with E-state index in [4.69, 9.17) is 24.2 Å². The molecule has 0 unspecified atom stereocenters. The lowest BCUT2D eigenvalue weighted by molar-refractivity contribution is -0.134. The van der Waals surface area contributed by atoms with Gasteiger partial charge >= 0.3 is 12.4 Å². The first kappa shape index (κ1) is 44.1. The Morgan fingerprint density at radius 2 is 1.11 bits per heavy atom. The van der Waals surface area contributed by atoms with Crippen molar-refractivity contribution in [1.29, 1.82) is 5.26 Å². The van der Waals surface area contributed by atoms with E-state index in [2.05, 4.69) is 25.1 Å². The molecular weight excluding hydrogens is 826 g/mol. The van der Waals surface area contributed by atoms with Gasteiger partial charge in [-0.15, -0.1) is 0 Å². The first-order valence-corrected chi connectivity index (χ1v) is 18.4. The van der Waals surface area contributed by atoms with Crippen molar-refractivity contribution in [2.45, 2.75) is 45.0 Å². The maximum atomic E-state index is 12.6. The molecule has 14 nitrogen and oxygen atoms in total. The van der Waals surface area contributed by atoms with Crippen LogP contribution in [-0.4, -0.2) is 86.6 Å². The van der Waals surface area contributed by atoms with Gasteiger partial charge in [-0.25, -0.2) is 15.0 Å². The normalized spacial score (nSPS) is 11.5. The highest BCUT2D eigenvalue weighted by molar-refractivity contribution is 6.02. The third-order valence-corrected chi connectivity index (χ3v) is 9.45. The Bertz CT molecular complexity index is 2770. The molecule has 3 aromatic heterocycles. The van der Waals surface area contributed by atoms with E-state index < -0.39 is 49.6 Å². The summed E-state index contributed by atoms with van der Waals surface area (Å²) in [7, 11) is 5.33. The average Bonchev–Trinajstić information content (AvgIpc) is 4.01. The zero-order valence-corrected chi connectivity index (χ0v) is 33.6. The number of halogens is 6. The molecule has 0 amide bonds. The van der Waals surface area contributed by atoms with Gasteiger partial charge in [-0.05, 0) is 43.3 Å². The van der Waals surface area contributed by atoms with E-state index in [1.807, 2.05) is 31.2 Å². The van der Waals surface area contributed by atoms with Crippen LogP contribution in [0, 0.1) is 18.3 Å². The minimum atomic E-state index is -4.44. The van der Waals surface area contributed by atoms with Gasteiger partial charge in [0.2, 0.25) is 0 Å². The van der Waals surface area contributed by atoms with Crippen molar-refractivity contribution in [2.24, 2.45) is 0 Å². The summed E-state index contributed by atoms with van der Waals surface area (Å²) >= 11 is 0. The number of carbonyl (C=O) groups is 2.